The Balaban J connectivity index is 1.91. The van der Waals surface area contributed by atoms with E-state index in [0.717, 1.165) is 48.8 Å². The lowest BCUT2D eigenvalue weighted by Crippen LogP contribution is -2.34. The van der Waals surface area contributed by atoms with Crippen LogP contribution in [0.5, 0.6) is 11.5 Å². The molecule has 1 fully saturated rings. The normalized spacial score (nSPS) is 18.0. The molecule has 4 N–H and O–H groups in total. The van der Waals surface area contributed by atoms with E-state index < -0.39 is 0 Å². The van der Waals surface area contributed by atoms with E-state index in [-0.39, 0.29) is 17.5 Å². The van der Waals surface area contributed by atoms with Gasteiger partial charge in [-0.15, -0.1) is 0 Å². The number of aromatic hydroxyl groups is 2. The molecule has 138 valence electrons. The molecule has 27 heavy (non-hydrogen) atoms. The third kappa shape index (κ3) is 3.00. The number of pyridine rings is 1. The van der Waals surface area contributed by atoms with Gasteiger partial charge in [-0.05, 0) is 37.1 Å². The monoisotopic (exact) mass is 362 g/mol. The standard InChI is InChI=1S/C21H22N4O2/c22-8-4-10-25-9-2-1-7-17(25)13-5-3-6-15-20(13)21(23)14-11-18(26)19(27)12-16(14)24-15/h3,5-6,11-12,17,26-27H,1-2,4,7,9-10H2,(H2,23,24). The third-order valence-electron chi connectivity index (χ3n) is 5.45. The highest BCUT2D eigenvalue weighted by Crippen LogP contribution is 2.41. The first-order valence-electron chi connectivity index (χ1n) is 9.25. The Morgan fingerprint density at radius 3 is 2.81 bits per heavy atom. The molecule has 0 saturated carbocycles. The van der Waals surface area contributed by atoms with E-state index >= 15 is 0 Å². The van der Waals surface area contributed by atoms with E-state index in [1.807, 2.05) is 12.1 Å². The lowest BCUT2D eigenvalue weighted by Gasteiger charge is -2.36. The van der Waals surface area contributed by atoms with Gasteiger partial charge in [0, 0.05) is 35.8 Å². The zero-order valence-electron chi connectivity index (χ0n) is 15.0. The summed E-state index contributed by atoms with van der Waals surface area (Å²) in [6.45, 7) is 1.71. The van der Waals surface area contributed by atoms with Crippen molar-refractivity contribution in [1.82, 2.24) is 9.88 Å². The van der Waals surface area contributed by atoms with Gasteiger partial charge in [-0.1, -0.05) is 18.6 Å². The number of nitrogens with zero attached hydrogens (tertiary/aromatic N) is 3. The highest BCUT2D eigenvalue weighted by molar-refractivity contribution is 6.08. The van der Waals surface area contributed by atoms with Crippen LogP contribution >= 0.6 is 0 Å². The molecular formula is C21H22N4O2. The third-order valence-corrected chi connectivity index (χ3v) is 5.45. The van der Waals surface area contributed by atoms with E-state index in [9.17, 15) is 10.2 Å². The minimum Gasteiger partial charge on any atom is -0.504 e. The number of anilines is 1. The summed E-state index contributed by atoms with van der Waals surface area (Å²) in [6, 6.07) is 11.3. The van der Waals surface area contributed by atoms with Crippen LogP contribution < -0.4 is 5.73 Å². The molecule has 1 aromatic heterocycles. The van der Waals surface area contributed by atoms with Crippen LogP contribution in [0.2, 0.25) is 0 Å². The van der Waals surface area contributed by atoms with E-state index in [1.165, 1.54) is 12.1 Å². The Labute approximate surface area is 157 Å². The van der Waals surface area contributed by atoms with Crippen LogP contribution in [0.4, 0.5) is 5.69 Å². The van der Waals surface area contributed by atoms with Gasteiger partial charge >= 0.3 is 0 Å². The molecule has 0 radical (unpaired) electrons. The molecular weight excluding hydrogens is 340 g/mol. The molecule has 2 aromatic carbocycles. The molecule has 4 rings (SSSR count). The molecule has 6 nitrogen and oxygen atoms in total. The SMILES string of the molecule is N#CCCN1CCCCC1c1cccc2nc3cc(O)c(O)cc3c(N)c12. The fraction of sp³-hybridized carbons (Fsp3) is 0.333. The predicted molar refractivity (Wildman–Crippen MR) is 105 cm³/mol. The summed E-state index contributed by atoms with van der Waals surface area (Å²) in [5, 5.41) is 30.2. The molecule has 1 saturated heterocycles. The van der Waals surface area contributed by atoms with Crippen LogP contribution in [0.3, 0.4) is 0 Å². The van der Waals surface area contributed by atoms with Crippen molar-refractivity contribution in [3.05, 3.63) is 35.9 Å². The average Bonchev–Trinajstić information content (AvgIpc) is 2.68. The van der Waals surface area contributed by atoms with Crippen molar-refractivity contribution < 1.29 is 10.2 Å². The minimum absolute atomic E-state index is 0.197. The smallest absolute Gasteiger partial charge is 0.159 e. The number of phenolic OH excluding ortho intramolecular Hbond substituents is 2. The number of phenols is 2. The topological polar surface area (TPSA) is 106 Å². The largest absolute Gasteiger partial charge is 0.504 e. The van der Waals surface area contributed by atoms with Gasteiger partial charge in [0.25, 0.3) is 0 Å². The van der Waals surface area contributed by atoms with Crippen molar-refractivity contribution in [2.24, 2.45) is 0 Å². The Kier molecular flexibility index (Phi) is 4.46. The maximum absolute atomic E-state index is 9.90. The minimum atomic E-state index is -0.208. The Morgan fingerprint density at radius 2 is 2.00 bits per heavy atom. The van der Waals surface area contributed by atoms with Crippen LogP contribution in [0, 0.1) is 11.3 Å². The van der Waals surface area contributed by atoms with E-state index in [2.05, 4.69) is 22.0 Å². The molecule has 0 amide bonds. The molecule has 6 heteroatoms. The molecule has 1 aliphatic rings. The van der Waals surface area contributed by atoms with E-state index in [1.54, 1.807) is 0 Å². The maximum atomic E-state index is 9.90. The zero-order chi connectivity index (χ0) is 19.0. The Morgan fingerprint density at radius 1 is 1.19 bits per heavy atom. The van der Waals surface area contributed by atoms with Crippen molar-refractivity contribution in [3.63, 3.8) is 0 Å². The van der Waals surface area contributed by atoms with Crippen molar-refractivity contribution in [3.8, 4) is 17.6 Å². The summed E-state index contributed by atoms with van der Waals surface area (Å²) in [5.41, 5.74) is 9.53. The van der Waals surface area contributed by atoms with Crippen molar-refractivity contribution in [1.29, 1.82) is 5.26 Å². The Hall–Kier alpha value is -3.04. The highest BCUT2D eigenvalue weighted by Gasteiger charge is 2.26. The summed E-state index contributed by atoms with van der Waals surface area (Å²) >= 11 is 0. The first-order valence-corrected chi connectivity index (χ1v) is 9.25. The van der Waals surface area contributed by atoms with Gasteiger partial charge in [0.2, 0.25) is 0 Å². The van der Waals surface area contributed by atoms with Gasteiger partial charge in [-0.2, -0.15) is 5.26 Å². The molecule has 0 bridgehead atoms. The fourth-order valence-electron chi connectivity index (χ4n) is 4.16. The van der Waals surface area contributed by atoms with Crippen LogP contribution in [0.1, 0.15) is 37.3 Å². The lowest BCUT2D eigenvalue weighted by molar-refractivity contribution is 0.153. The summed E-state index contributed by atoms with van der Waals surface area (Å²) in [5.74, 6) is -0.416. The number of hydrogen-bond acceptors (Lipinski definition) is 6. The number of fused-ring (bicyclic) bond motifs is 2. The number of piperidine rings is 1. The van der Waals surface area contributed by atoms with E-state index in [4.69, 9.17) is 11.0 Å². The first kappa shape index (κ1) is 17.4. The van der Waals surface area contributed by atoms with Crippen LogP contribution in [-0.2, 0) is 0 Å². The van der Waals surface area contributed by atoms with Crippen molar-refractivity contribution in [2.45, 2.75) is 31.7 Å². The number of hydrogen-bond donors (Lipinski definition) is 3. The second-order valence-electron chi connectivity index (χ2n) is 7.08. The van der Waals surface area contributed by atoms with Gasteiger partial charge in [-0.25, -0.2) is 4.98 Å². The number of nitrogen functional groups attached to an aromatic ring is 1. The Bertz CT molecular complexity index is 1060. The summed E-state index contributed by atoms with van der Waals surface area (Å²) in [7, 11) is 0. The number of aromatic nitrogens is 1. The summed E-state index contributed by atoms with van der Waals surface area (Å²) in [6.07, 6.45) is 3.80. The average molecular weight is 362 g/mol. The van der Waals surface area contributed by atoms with Gasteiger partial charge in [-0.3, -0.25) is 4.90 Å². The molecule has 0 aliphatic carbocycles. The number of nitrogens with two attached hydrogens (primary N) is 1. The second-order valence-corrected chi connectivity index (χ2v) is 7.08. The number of nitriles is 1. The molecule has 3 aromatic rings. The van der Waals surface area contributed by atoms with Crippen molar-refractivity contribution >= 4 is 27.5 Å². The molecule has 0 spiro atoms. The maximum Gasteiger partial charge on any atom is 0.159 e. The van der Waals surface area contributed by atoms with Crippen LogP contribution in [-0.4, -0.2) is 33.2 Å². The second kappa shape index (κ2) is 6.93. The number of benzene rings is 2. The van der Waals surface area contributed by atoms with Gasteiger partial charge < -0.3 is 15.9 Å². The molecule has 2 heterocycles. The highest BCUT2D eigenvalue weighted by atomic mass is 16.3. The summed E-state index contributed by atoms with van der Waals surface area (Å²) in [4.78, 5) is 7.02. The first-order chi connectivity index (χ1) is 13.1. The lowest BCUT2D eigenvalue weighted by atomic mass is 9.91. The molecule has 1 aliphatic heterocycles. The molecule has 1 unspecified atom stereocenters. The van der Waals surface area contributed by atoms with Crippen LogP contribution in [0.25, 0.3) is 21.8 Å². The molecule has 1 atom stereocenters. The summed E-state index contributed by atoms with van der Waals surface area (Å²) < 4.78 is 0. The quantitative estimate of drug-likeness (QED) is 0.483. The van der Waals surface area contributed by atoms with Gasteiger partial charge in [0.05, 0.1) is 22.8 Å². The number of rotatable bonds is 3. The zero-order valence-corrected chi connectivity index (χ0v) is 15.0. The van der Waals surface area contributed by atoms with Crippen LogP contribution in [0.15, 0.2) is 30.3 Å². The fourth-order valence-corrected chi connectivity index (χ4v) is 4.16. The van der Waals surface area contributed by atoms with E-state index in [0.29, 0.717) is 23.0 Å². The van der Waals surface area contributed by atoms with Gasteiger partial charge in [0.1, 0.15) is 0 Å². The van der Waals surface area contributed by atoms with Gasteiger partial charge in [0.15, 0.2) is 11.5 Å². The number of likely N-dealkylation sites (tertiary alicyclic amines) is 1. The van der Waals surface area contributed by atoms with Crippen molar-refractivity contribution in [2.75, 3.05) is 18.8 Å². The predicted octanol–water partition coefficient (Wildman–Crippen LogP) is 3.82.